The van der Waals surface area contributed by atoms with Gasteiger partial charge in [0.1, 0.15) is 30.2 Å². The number of phenols is 1. The van der Waals surface area contributed by atoms with E-state index in [1.165, 1.54) is 0 Å². The molecule has 0 amide bonds. The van der Waals surface area contributed by atoms with Crippen LogP contribution in [0.5, 0.6) is 5.75 Å². The molecular weight excluding hydrogens is 689 g/mol. The molecular formula is C48H48O7. The predicted molar refractivity (Wildman–Crippen MR) is 212 cm³/mol. The summed E-state index contributed by atoms with van der Waals surface area (Å²) in [5, 5.41) is 23.1. The van der Waals surface area contributed by atoms with Gasteiger partial charge in [0.25, 0.3) is 0 Å². The van der Waals surface area contributed by atoms with Crippen LogP contribution >= 0.6 is 0 Å². The Balaban J connectivity index is 1.29. The topological polar surface area (TPSA) is 86.6 Å². The van der Waals surface area contributed by atoms with Crippen LogP contribution < -0.4 is 0 Å². The molecule has 0 radical (unpaired) electrons. The Kier molecular flexibility index (Phi) is 12.8. The zero-order valence-corrected chi connectivity index (χ0v) is 31.1. The average Bonchev–Trinajstić information content (AvgIpc) is 3.22. The molecule has 1 heterocycles. The summed E-state index contributed by atoms with van der Waals surface area (Å²) in [6.07, 6.45) is -2.67. The molecule has 7 rings (SSSR count). The standard InChI is InChI=1S/C48H48O7/c1-35-22-25-42(29-41(35)28-36-23-26-43(49)27-24-36)48(50)47(54-33-40-20-12-5-13-21-40)46(53-32-39-18-10-4-11-19-39)45(52-31-38-16-8-3-9-17-38)44(55-48)34-51-30-37-14-6-2-7-15-37/h2-27,29,44-47,49-50H,28,30-34H2,1H3/t44-,45-,46+,47-,48?/m1/s1. The highest BCUT2D eigenvalue weighted by atomic mass is 16.7. The zero-order valence-electron chi connectivity index (χ0n) is 31.1. The molecule has 0 aliphatic carbocycles. The van der Waals surface area contributed by atoms with Crippen molar-refractivity contribution in [1.82, 2.24) is 0 Å². The van der Waals surface area contributed by atoms with Crippen molar-refractivity contribution in [3.63, 3.8) is 0 Å². The van der Waals surface area contributed by atoms with Crippen LogP contribution in [0, 0.1) is 6.92 Å². The molecule has 0 spiro atoms. The molecule has 6 aromatic carbocycles. The lowest BCUT2D eigenvalue weighted by Gasteiger charge is -2.50. The number of ether oxygens (including phenoxy) is 5. The van der Waals surface area contributed by atoms with E-state index in [9.17, 15) is 10.2 Å². The van der Waals surface area contributed by atoms with Crippen molar-refractivity contribution in [2.24, 2.45) is 0 Å². The normalized spacial score (nSPS) is 21.0. The summed E-state index contributed by atoms with van der Waals surface area (Å²) in [7, 11) is 0. The van der Waals surface area contributed by atoms with Crippen molar-refractivity contribution in [2.75, 3.05) is 6.61 Å². The third-order valence-electron chi connectivity index (χ3n) is 10.0. The molecule has 0 saturated carbocycles. The van der Waals surface area contributed by atoms with Gasteiger partial charge < -0.3 is 33.9 Å². The van der Waals surface area contributed by atoms with E-state index in [2.05, 4.69) is 0 Å². The van der Waals surface area contributed by atoms with Crippen molar-refractivity contribution in [3.8, 4) is 5.75 Å². The summed E-state index contributed by atoms with van der Waals surface area (Å²) in [5.74, 6) is -1.76. The van der Waals surface area contributed by atoms with Crippen LogP contribution in [-0.4, -0.2) is 41.2 Å². The number of hydrogen-bond donors (Lipinski definition) is 2. The molecule has 1 fully saturated rings. The number of hydrogen-bond acceptors (Lipinski definition) is 7. The number of aromatic hydroxyl groups is 1. The Hall–Kier alpha value is -5.12. The highest BCUT2D eigenvalue weighted by Gasteiger charge is 2.57. The Labute approximate surface area is 323 Å². The minimum Gasteiger partial charge on any atom is -0.508 e. The summed E-state index contributed by atoms with van der Waals surface area (Å²) in [4.78, 5) is 0. The van der Waals surface area contributed by atoms with Gasteiger partial charge in [-0.3, -0.25) is 0 Å². The van der Waals surface area contributed by atoms with Crippen LogP contribution in [0.1, 0.15) is 44.5 Å². The number of rotatable bonds is 16. The fourth-order valence-corrected chi connectivity index (χ4v) is 7.00. The molecule has 7 nitrogen and oxygen atoms in total. The van der Waals surface area contributed by atoms with E-state index < -0.39 is 30.2 Å². The lowest BCUT2D eigenvalue weighted by molar-refractivity contribution is -0.378. The minimum atomic E-state index is -1.97. The first-order valence-corrected chi connectivity index (χ1v) is 18.8. The van der Waals surface area contributed by atoms with Gasteiger partial charge in [0.05, 0.1) is 33.0 Å². The van der Waals surface area contributed by atoms with E-state index in [1.807, 2.05) is 159 Å². The molecule has 1 saturated heterocycles. The fraction of sp³-hybridized carbons (Fsp3) is 0.250. The molecule has 1 aliphatic heterocycles. The molecule has 282 valence electrons. The summed E-state index contributed by atoms with van der Waals surface area (Å²) in [5.41, 5.74) is 7.56. The molecule has 0 aromatic heterocycles. The van der Waals surface area contributed by atoms with Gasteiger partial charge in [-0.1, -0.05) is 146 Å². The van der Waals surface area contributed by atoms with Gasteiger partial charge in [0.15, 0.2) is 0 Å². The lowest BCUT2D eigenvalue weighted by atomic mass is 9.85. The van der Waals surface area contributed by atoms with Crippen LogP contribution in [0.2, 0.25) is 0 Å². The average molecular weight is 737 g/mol. The van der Waals surface area contributed by atoms with E-state index in [4.69, 9.17) is 23.7 Å². The van der Waals surface area contributed by atoms with Crippen LogP contribution in [-0.2, 0) is 62.3 Å². The molecule has 1 aliphatic rings. The van der Waals surface area contributed by atoms with Crippen molar-refractivity contribution < 1.29 is 33.9 Å². The molecule has 6 aromatic rings. The zero-order chi connectivity index (χ0) is 37.9. The smallest absolute Gasteiger partial charge is 0.222 e. The maximum Gasteiger partial charge on any atom is 0.222 e. The van der Waals surface area contributed by atoms with E-state index in [1.54, 1.807) is 12.1 Å². The fourth-order valence-electron chi connectivity index (χ4n) is 7.00. The highest BCUT2D eigenvalue weighted by Crippen LogP contribution is 2.42. The van der Waals surface area contributed by atoms with E-state index in [0.717, 1.165) is 38.9 Å². The minimum absolute atomic E-state index is 0.124. The van der Waals surface area contributed by atoms with Gasteiger partial charge in [-0.2, -0.15) is 0 Å². The maximum absolute atomic E-state index is 13.2. The van der Waals surface area contributed by atoms with Gasteiger partial charge in [0, 0.05) is 5.56 Å². The monoisotopic (exact) mass is 736 g/mol. The first kappa shape index (κ1) is 38.2. The second-order valence-electron chi connectivity index (χ2n) is 14.1. The van der Waals surface area contributed by atoms with Crippen molar-refractivity contribution in [2.45, 2.75) is 70.0 Å². The van der Waals surface area contributed by atoms with Crippen molar-refractivity contribution >= 4 is 0 Å². The number of benzene rings is 6. The van der Waals surface area contributed by atoms with Gasteiger partial charge in [-0.05, 0) is 70.5 Å². The largest absolute Gasteiger partial charge is 0.508 e. The number of aliphatic hydroxyl groups is 1. The van der Waals surface area contributed by atoms with E-state index in [-0.39, 0.29) is 25.6 Å². The second kappa shape index (κ2) is 18.5. The van der Waals surface area contributed by atoms with Gasteiger partial charge in [0.2, 0.25) is 5.79 Å². The Morgan fingerprint density at radius 3 is 1.58 bits per heavy atom. The predicted octanol–water partition coefficient (Wildman–Crippen LogP) is 8.81. The summed E-state index contributed by atoms with van der Waals surface area (Å²) in [6, 6.07) is 52.9. The summed E-state index contributed by atoms with van der Waals surface area (Å²) < 4.78 is 33.7. The van der Waals surface area contributed by atoms with Gasteiger partial charge in [-0.15, -0.1) is 0 Å². The van der Waals surface area contributed by atoms with Crippen molar-refractivity contribution in [1.29, 1.82) is 0 Å². The Bertz CT molecular complexity index is 2040. The molecule has 1 unspecified atom stereocenters. The molecule has 2 N–H and O–H groups in total. The van der Waals surface area contributed by atoms with E-state index >= 15 is 0 Å². The molecule has 0 bridgehead atoms. The highest BCUT2D eigenvalue weighted by molar-refractivity contribution is 5.39. The second-order valence-corrected chi connectivity index (χ2v) is 14.1. The SMILES string of the molecule is Cc1ccc(C2(O)O[C@H](COCc3ccccc3)[C@@H](OCc3ccccc3)[C@H](OCc3ccccc3)[C@H]2OCc2ccccc2)cc1Cc1ccc(O)cc1. The number of phenolic OH excluding ortho intramolecular Hbond substituents is 1. The van der Waals surface area contributed by atoms with E-state index in [0.29, 0.717) is 25.2 Å². The number of aryl methyl sites for hydroxylation is 1. The van der Waals surface area contributed by atoms with Gasteiger partial charge in [-0.25, -0.2) is 0 Å². The summed E-state index contributed by atoms with van der Waals surface area (Å²) in [6.45, 7) is 3.29. The molecule has 7 heteroatoms. The maximum atomic E-state index is 13.2. The Morgan fingerprint density at radius 1 is 0.545 bits per heavy atom. The first-order chi connectivity index (χ1) is 26.9. The van der Waals surface area contributed by atoms with Crippen molar-refractivity contribution in [3.05, 3.63) is 208 Å². The van der Waals surface area contributed by atoms with Gasteiger partial charge >= 0.3 is 0 Å². The third-order valence-corrected chi connectivity index (χ3v) is 10.0. The van der Waals surface area contributed by atoms with Crippen LogP contribution in [0.4, 0.5) is 0 Å². The quantitative estimate of drug-likeness (QED) is 0.103. The summed E-state index contributed by atoms with van der Waals surface area (Å²) >= 11 is 0. The van der Waals surface area contributed by atoms with Crippen LogP contribution in [0.15, 0.2) is 164 Å². The third kappa shape index (κ3) is 9.96. The first-order valence-electron chi connectivity index (χ1n) is 18.8. The lowest BCUT2D eigenvalue weighted by Crippen LogP contribution is -2.65. The molecule has 5 atom stereocenters. The molecule has 55 heavy (non-hydrogen) atoms. The Morgan fingerprint density at radius 2 is 1.04 bits per heavy atom. The van der Waals surface area contributed by atoms with Crippen LogP contribution in [0.25, 0.3) is 0 Å². The van der Waals surface area contributed by atoms with Crippen LogP contribution in [0.3, 0.4) is 0 Å².